The largest absolute Gasteiger partial charge is 0.494 e. The van der Waals surface area contributed by atoms with E-state index in [9.17, 15) is 4.79 Å². The first-order valence-corrected chi connectivity index (χ1v) is 12.2. The van der Waals surface area contributed by atoms with Gasteiger partial charge in [-0.05, 0) is 40.8 Å². The maximum atomic E-state index is 13.8. The third-order valence-electron chi connectivity index (χ3n) is 6.21. The zero-order chi connectivity index (χ0) is 26.0. The molecule has 1 amide bonds. The lowest BCUT2D eigenvalue weighted by atomic mass is 9.93. The van der Waals surface area contributed by atoms with Crippen molar-refractivity contribution in [2.24, 2.45) is 0 Å². The van der Waals surface area contributed by atoms with Crippen molar-refractivity contribution >= 4 is 16.7 Å². The number of ether oxygens (including phenoxy) is 2. The summed E-state index contributed by atoms with van der Waals surface area (Å²) in [5.74, 6) is 0.567. The van der Waals surface area contributed by atoms with Crippen LogP contribution in [0, 0.1) is 0 Å². The molecule has 4 aromatic rings. The first kappa shape index (κ1) is 25.6. The van der Waals surface area contributed by atoms with Gasteiger partial charge in [0.1, 0.15) is 6.61 Å². The smallest absolute Gasteiger partial charge is 0.316 e. The molecule has 0 saturated heterocycles. The van der Waals surface area contributed by atoms with E-state index in [4.69, 9.17) is 9.47 Å². The van der Waals surface area contributed by atoms with E-state index in [0.29, 0.717) is 30.9 Å². The third-order valence-corrected chi connectivity index (χ3v) is 6.21. The molecule has 1 aromatic heterocycles. The molecular weight excluding hydrogens is 462 g/mol. The van der Waals surface area contributed by atoms with Crippen LogP contribution >= 0.6 is 0 Å². The molecular formula is C31H31N3O3. The van der Waals surface area contributed by atoms with E-state index < -0.39 is 0 Å². The maximum absolute atomic E-state index is 13.8. The molecule has 3 aromatic carbocycles. The van der Waals surface area contributed by atoms with Gasteiger partial charge in [-0.15, -0.1) is 13.2 Å². The number of carbonyl (C=O) groups excluding carboxylic acids is 1. The minimum atomic E-state index is -0.137. The fraction of sp³-hybridized carbons (Fsp3) is 0.194. The minimum Gasteiger partial charge on any atom is -0.494 e. The van der Waals surface area contributed by atoms with Crippen molar-refractivity contribution in [1.82, 2.24) is 14.9 Å². The zero-order valence-electron chi connectivity index (χ0n) is 21.0. The number of benzene rings is 3. The highest BCUT2D eigenvalue weighted by Crippen LogP contribution is 2.28. The van der Waals surface area contributed by atoms with Gasteiger partial charge in [-0.25, -0.2) is 0 Å². The quantitative estimate of drug-likeness (QED) is 0.294. The van der Waals surface area contributed by atoms with Crippen molar-refractivity contribution in [3.05, 3.63) is 121 Å². The molecule has 6 nitrogen and oxygen atoms in total. The van der Waals surface area contributed by atoms with Gasteiger partial charge in [0.2, 0.25) is 0 Å². The summed E-state index contributed by atoms with van der Waals surface area (Å²) in [4.78, 5) is 24.0. The van der Waals surface area contributed by atoms with Crippen molar-refractivity contribution in [3.63, 3.8) is 0 Å². The number of hydrogen-bond donors (Lipinski definition) is 0. The summed E-state index contributed by atoms with van der Waals surface area (Å²) in [5.41, 5.74) is 3.10. The van der Waals surface area contributed by atoms with Gasteiger partial charge in [-0.1, -0.05) is 72.8 Å². The molecule has 0 aliphatic carbocycles. The molecule has 0 radical (unpaired) electrons. The number of methoxy groups -OCH3 is 1. The fourth-order valence-electron chi connectivity index (χ4n) is 4.31. The van der Waals surface area contributed by atoms with Crippen LogP contribution in [0.4, 0.5) is 0 Å². The van der Waals surface area contributed by atoms with Gasteiger partial charge in [0, 0.05) is 12.1 Å². The summed E-state index contributed by atoms with van der Waals surface area (Å²) in [6, 6.07) is 22.2. The Morgan fingerprint density at radius 2 is 1.65 bits per heavy atom. The van der Waals surface area contributed by atoms with Gasteiger partial charge in [0.05, 0.1) is 25.5 Å². The highest BCUT2D eigenvalue weighted by molar-refractivity contribution is 6.07. The maximum Gasteiger partial charge on any atom is 0.316 e. The molecule has 6 heteroatoms. The van der Waals surface area contributed by atoms with Crippen LogP contribution in [0.25, 0.3) is 10.8 Å². The third kappa shape index (κ3) is 6.22. The van der Waals surface area contributed by atoms with Gasteiger partial charge in [-0.3, -0.25) is 4.79 Å². The number of fused-ring (bicyclic) bond motifs is 2. The summed E-state index contributed by atoms with van der Waals surface area (Å²) in [6.07, 6.45) is 8.39. The highest BCUT2D eigenvalue weighted by Gasteiger charge is 2.31. The van der Waals surface area contributed by atoms with Gasteiger partial charge >= 0.3 is 6.01 Å². The average Bonchev–Trinajstić information content (AvgIpc) is 2.96. The van der Waals surface area contributed by atoms with E-state index in [1.54, 1.807) is 19.5 Å². The molecule has 2 heterocycles. The minimum absolute atomic E-state index is 0.000511. The molecule has 1 aliphatic rings. The second-order valence-corrected chi connectivity index (χ2v) is 8.62. The Morgan fingerprint density at radius 3 is 2.35 bits per heavy atom. The number of carbonyl (C=O) groups is 1. The Balaban J connectivity index is 0.000000586. The van der Waals surface area contributed by atoms with Crippen LogP contribution in [-0.4, -0.2) is 40.5 Å². The molecule has 0 N–H and O–H groups in total. The van der Waals surface area contributed by atoms with Gasteiger partial charge in [-0.2, -0.15) is 9.97 Å². The molecule has 1 atom stereocenters. The first-order valence-electron chi connectivity index (χ1n) is 12.2. The molecule has 0 saturated carbocycles. The molecule has 1 aliphatic heterocycles. The molecule has 1 unspecified atom stereocenters. The van der Waals surface area contributed by atoms with Crippen LogP contribution < -0.4 is 9.47 Å². The van der Waals surface area contributed by atoms with E-state index in [2.05, 4.69) is 35.3 Å². The number of amides is 1. The number of allylic oxidation sites excluding steroid dienone is 2. The van der Waals surface area contributed by atoms with Crippen LogP contribution in [0.5, 0.6) is 11.8 Å². The Labute approximate surface area is 217 Å². The standard InChI is InChI=1S/C26H23N3O3.C5H8/c1-31-22-14-27-26(28-15-22)32-17-21-13-19-8-2-3-9-20(19)16-29(21)25(30)24-12-6-10-18-7-4-5-11-23(18)24;1-3-5-4-2/h2-12,14-15,21H,13,16-17H2,1H3;3-4H,1-2,5H2. The predicted molar refractivity (Wildman–Crippen MR) is 147 cm³/mol. The average molecular weight is 494 g/mol. The number of nitrogens with zero attached hydrogens (tertiary/aromatic N) is 3. The number of aromatic nitrogens is 2. The Kier molecular flexibility index (Phi) is 8.66. The highest BCUT2D eigenvalue weighted by atomic mass is 16.5. The van der Waals surface area contributed by atoms with E-state index in [1.165, 1.54) is 5.56 Å². The Morgan fingerprint density at radius 1 is 0.973 bits per heavy atom. The Hall–Kier alpha value is -4.45. The SMILES string of the molecule is C=CCC=C.COc1cnc(OCC2Cc3ccccc3CN2C(=O)c2cccc3ccccc23)nc1. The monoisotopic (exact) mass is 493 g/mol. The van der Waals surface area contributed by atoms with E-state index in [1.807, 2.05) is 71.6 Å². The van der Waals surface area contributed by atoms with Crippen molar-refractivity contribution in [1.29, 1.82) is 0 Å². The molecule has 37 heavy (non-hydrogen) atoms. The summed E-state index contributed by atoms with van der Waals surface area (Å²) >= 11 is 0. The Bertz CT molecular complexity index is 1360. The lowest BCUT2D eigenvalue weighted by Crippen LogP contribution is -2.47. The summed E-state index contributed by atoms with van der Waals surface area (Å²) in [5, 5.41) is 2.01. The molecule has 0 spiro atoms. The summed E-state index contributed by atoms with van der Waals surface area (Å²) in [7, 11) is 1.56. The lowest BCUT2D eigenvalue weighted by molar-refractivity contribution is 0.0560. The normalized spacial score (nSPS) is 14.1. The van der Waals surface area contributed by atoms with Crippen LogP contribution in [0.3, 0.4) is 0 Å². The van der Waals surface area contributed by atoms with Crippen molar-refractivity contribution < 1.29 is 14.3 Å². The summed E-state index contributed by atoms with van der Waals surface area (Å²) in [6.45, 7) is 7.80. The number of rotatable bonds is 7. The topological polar surface area (TPSA) is 64.6 Å². The van der Waals surface area contributed by atoms with Crippen LogP contribution in [0.15, 0.2) is 104 Å². The molecule has 5 rings (SSSR count). The van der Waals surface area contributed by atoms with Crippen molar-refractivity contribution in [2.45, 2.75) is 25.4 Å². The second kappa shape index (κ2) is 12.5. The van der Waals surface area contributed by atoms with E-state index >= 15 is 0 Å². The van der Waals surface area contributed by atoms with Crippen LogP contribution in [0.2, 0.25) is 0 Å². The summed E-state index contributed by atoms with van der Waals surface area (Å²) < 4.78 is 11.0. The van der Waals surface area contributed by atoms with Crippen LogP contribution in [-0.2, 0) is 13.0 Å². The van der Waals surface area contributed by atoms with Crippen LogP contribution in [0.1, 0.15) is 27.9 Å². The molecule has 0 bridgehead atoms. The van der Waals surface area contributed by atoms with Crippen molar-refractivity contribution in [2.75, 3.05) is 13.7 Å². The fourth-order valence-corrected chi connectivity index (χ4v) is 4.31. The zero-order valence-corrected chi connectivity index (χ0v) is 21.0. The second-order valence-electron chi connectivity index (χ2n) is 8.62. The van der Waals surface area contributed by atoms with E-state index in [0.717, 1.165) is 22.8 Å². The van der Waals surface area contributed by atoms with Gasteiger partial charge in [0.15, 0.2) is 5.75 Å². The van der Waals surface area contributed by atoms with Crippen molar-refractivity contribution in [3.8, 4) is 11.8 Å². The van der Waals surface area contributed by atoms with Gasteiger partial charge in [0.25, 0.3) is 5.91 Å². The lowest BCUT2D eigenvalue weighted by Gasteiger charge is -2.37. The van der Waals surface area contributed by atoms with E-state index in [-0.39, 0.29) is 18.0 Å². The molecule has 188 valence electrons. The first-order chi connectivity index (χ1) is 18.1. The van der Waals surface area contributed by atoms with Gasteiger partial charge < -0.3 is 14.4 Å². The predicted octanol–water partition coefficient (Wildman–Crippen LogP) is 6.03. The molecule has 0 fully saturated rings. The number of hydrogen-bond acceptors (Lipinski definition) is 5.